The average Bonchev–Trinajstić information content (AvgIpc) is 2.41. The van der Waals surface area contributed by atoms with Crippen molar-refractivity contribution in [3.05, 3.63) is 28.2 Å². The van der Waals surface area contributed by atoms with E-state index in [0.29, 0.717) is 18.0 Å². The summed E-state index contributed by atoms with van der Waals surface area (Å²) in [7, 11) is -3.75. The lowest BCUT2D eigenvalue weighted by Gasteiger charge is -2.36. The third-order valence-corrected chi connectivity index (χ3v) is 6.18. The standard InChI is InChI=1S/C13H17Cl2NO3S/c1-9(17)12-4-2-3-7-16(12)20(18,19)13-8-10(14)5-6-11(13)15/h5-6,8-9,12,17H,2-4,7H2,1H3. The van der Waals surface area contributed by atoms with Crippen molar-refractivity contribution in [1.82, 2.24) is 4.31 Å². The van der Waals surface area contributed by atoms with Gasteiger partial charge in [0.2, 0.25) is 10.0 Å². The highest BCUT2D eigenvalue weighted by atomic mass is 35.5. The Morgan fingerprint density at radius 1 is 1.35 bits per heavy atom. The molecule has 0 amide bonds. The number of aliphatic hydroxyl groups is 1. The number of hydrogen-bond donors (Lipinski definition) is 1. The molecule has 2 atom stereocenters. The molecule has 0 aromatic heterocycles. The molecule has 1 N–H and O–H groups in total. The van der Waals surface area contributed by atoms with E-state index >= 15 is 0 Å². The zero-order valence-corrected chi connectivity index (χ0v) is 13.4. The molecule has 1 aliphatic rings. The number of piperidine rings is 1. The van der Waals surface area contributed by atoms with Crippen molar-refractivity contribution in [2.45, 2.75) is 43.2 Å². The molecule has 0 bridgehead atoms. The number of benzene rings is 1. The largest absolute Gasteiger partial charge is 0.392 e. The first-order valence-corrected chi connectivity index (χ1v) is 8.68. The summed E-state index contributed by atoms with van der Waals surface area (Å²) in [4.78, 5) is -0.000725. The lowest BCUT2D eigenvalue weighted by atomic mass is 10.0. The van der Waals surface area contributed by atoms with Gasteiger partial charge in [-0.1, -0.05) is 29.6 Å². The second-order valence-electron chi connectivity index (χ2n) is 4.99. The van der Waals surface area contributed by atoms with Crippen LogP contribution in [0.15, 0.2) is 23.1 Å². The van der Waals surface area contributed by atoms with Crippen LogP contribution in [0.2, 0.25) is 10.0 Å². The van der Waals surface area contributed by atoms with E-state index in [-0.39, 0.29) is 9.92 Å². The number of nitrogens with zero attached hydrogens (tertiary/aromatic N) is 1. The van der Waals surface area contributed by atoms with Crippen LogP contribution < -0.4 is 0 Å². The van der Waals surface area contributed by atoms with Gasteiger partial charge in [-0.3, -0.25) is 0 Å². The van der Waals surface area contributed by atoms with Crippen molar-refractivity contribution in [3.8, 4) is 0 Å². The maximum absolute atomic E-state index is 12.7. The van der Waals surface area contributed by atoms with Gasteiger partial charge in [-0.2, -0.15) is 4.31 Å². The van der Waals surface area contributed by atoms with Crippen LogP contribution in [0.4, 0.5) is 0 Å². The van der Waals surface area contributed by atoms with E-state index in [9.17, 15) is 13.5 Å². The Morgan fingerprint density at radius 3 is 2.70 bits per heavy atom. The van der Waals surface area contributed by atoms with Crippen LogP contribution in [-0.4, -0.2) is 36.5 Å². The number of sulfonamides is 1. The average molecular weight is 338 g/mol. The lowest BCUT2D eigenvalue weighted by Crippen LogP contribution is -2.48. The predicted molar refractivity (Wildman–Crippen MR) is 79.7 cm³/mol. The van der Waals surface area contributed by atoms with Crippen LogP contribution >= 0.6 is 23.2 Å². The first-order valence-electron chi connectivity index (χ1n) is 6.49. The van der Waals surface area contributed by atoms with Crippen molar-refractivity contribution in [2.24, 2.45) is 0 Å². The van der Waals surface area contributed by atoms with Gasteiger partial charge in [0.1, 0.15) is 4.90 Å². The minimum absolute atomic E-state index is 0.000725. The Bertz CT molecular complexity index is 589. The lowest BCUT2D eigenvalue weighted by molar-refractivity contribution is 0.0831. The molecule has 2 unspecified atom stereocenters. The van der Waals surface area contributed by atoms with E-state index in [1.165, 1.54) is 16.4 Å². The van der Waals surface area contributed by atoms with E-state index in [0.717, 1.165) is 12.8 Å². The van der Waals surface area contributed by atoms with Gasteiger partial charge in [0.05, 0.1) is 17.2 Å². The molecule has 1 heterocycles. The van der Waals surface area contributed by atoms with Crippen LogP contribution in [0.25, 0.3) is 0 Å². The van der Waals surface area contributed by atoms with Gasteiger partial charge < -0.3 is 5.11 Å². The summed E-state index contributed by atoms with van der Waals surface area (Å²) in [5.74, 6) is 0. The Labute approximate surface area is 129 Å². The zero-order chi connectivity index (χ0) is 14.9. The normalized spacial score (nSPS) is 22.7. The molecule has 1 aromatic carbocycles. The third kappa shape index (κ3) is 3.12. The van der Waals surface area contributed by atoms with E-state index in [2.05, 4.69) is 0 Å². The summed E-state index contributed by atoms with van der Waals surface area (Å²) in [6, 6.07) is 3.96. The molecule has 2 rings (SSSR count). The van der Waals surface area contributed by atoms with Crippen LogP contribution in [0.3, 0.4) is 0 Å². The van der Waals surface area contributed by atoms with E-state index in [4.69, 9.17) is 23.2 Å². The van der Waals surface area contributed by atoms with Gasteiger partial charge in [0, 0.05) is 11.6 Å². The predicted octanol–water partition coefficient (Wildman–Crippen LogP) is 2.92. The summed E-state index contributed by atoms with van der Waals surface area (Å²) >= 11 is 11.9. The van der Waals surface area contributed by atoms with E-state index < -0.39 is 22.2 Å². The van der Waals surface area contributed by atoms with Gasteiger partial charge in [0.25, 0.3) is 0 Å². The summed E-state index contributed by atoms with van der Waals surface area (Å²) in [5, 5.41) is 10.3. The second-order valence-corrected chi connectivity index (χ2v) is 7.70. The van der Waals surface area contributed by atoms with Crippen LogP contribution in [0, 0.1) is 0 Å². The van der Waals surface area contributed by atoms with Crippen LogP contribution in [0.5, 0.6) is 0 Å². The molecule has 1 fully saturated rings. The van der Waals surface area contributed by atoms with Crippen molar-refractivity contribution < 1.29 is 13.5 Å². The highest BCUT2D eigenvalue weighted by Crippen LogP contribution is 2.32. The smallest absolute Gasteiger partial charge is 0.244 e. The van der Waals surface area contributed by atoms with Gasteiger partial charge in [0.15, 0.2) is 0 Å². The highest BCUT2D eigenvalue weighted by Gasteiger charge is 2.36. The highest BCUT2D eigenvalue weighted by molar-refractivity contribution is 7.89. The second kappa shape index (κ2) is 6.20. The summed E-state index contributed by atoms with van der Waals surface area (Å²) in [6.07, 6.45) is 1.61. The molecule has 112 valence electrons. The summed E-state index contributed by atoms with van der Waals surface area (Å²) < 4.78 is 26.8. The zero-order valence-electron chi connectivity index (χ0n) is 11.1. The molecule has 4 nitrogen and oxygen atoms in total. The SMILES string of the molecule is CC(O)C1CCCCN1S(=O)(=O)c1cc(Cl)ccc1Cl. The van der Waals surface area contributed by atoms with Crippen molar-refractivity contribution in [1.29, 1.82) is 0 Å². The van der Waals surface area contributed by atoms with E-state index in [1.807, 2.05) is 0 Å². The van der Waals surface area contributed by atoms with Gasteiger partial charge in [-0.25, -0.2) is 8.42 Å². The molecule has 0 spiro atoms. The van der Waals surface area contributed by atoms with Gasteiger partial charge in [-0.05, 0) is 38.0 Å². The molecule has 1 aliphatic heterocycles. The minimum Gasteiger partial charge on any atom is -0.392 e. The molecule has 0 radical (unpaired) electrons. The maximum Gasteiger partial charge on any atom is 0.244 e. The van der Waals surface area contributed by atoms with Gasteiger partial charge >= 0.3 is 0 Å². The molecule has 0 saturated carbocycles. The Balaban J connectivity index is 2.45. The molecular formula is C13H17Cl2NO3S. The maximum atomic E-state index is 12.7. The summed E-state index contributed by atoms with van der Waals surface area (Å²) in [5.41, 5.74) is 0. The monoisotopic (exact) mass is 337 g/mol. The van der Waals surface area contributed by atoms with Crippen molar-refractivity contribution in [2.75, 3.05) is 6.54 Å². The van der Waals surface area contributed by atoms with Crippen molar-refractivity contribution >= 4 is 33.2 Å². The third-order valence-electron chi connectivity index (χ3n) is 3.54. The molecule has 1 saturated heterocycles. The fourth-order valence-electron chi connectivity index (χ4n) is 2.51. The van der Waals surface area contributed by atoms with Gasteiger partial charge in [-0.15, -0.1) is 0 Å². The minimum atomic E-state index is -3.75. The Kier molecular flexibility index (Phi) is 4.97. The summed E-state index contributed by atoms with van der Waals surface area (Å²) in [6.45, 7) is 2.00. The first kappa shape index (κ1) is 16.0. The Morgan fingerprint density at radius 2 is 2.05 bits per heavy atom. The molecule has 0 aliphatic carbocycles. The first-order chi connectivity index (χ1) is 9.34. The van der Waals surface area contributed by atoms with Crippen LogP contribution in [0.1, 0.15) is 26.2 Å². The fraction of sp³-hybridized carbons (Fsp3) is 0.538. The van der Waals surface area contributed by atoms with Crippen molar-refractivity contribution in [3.63, 3.8) is 0 Å². The number of rotatable bonds is 3. The molecule has 1 aromatic rings. The quantitative estimate of drug-likeness (QED) is 0.922. The topological polar surface area (TPSA) is 57.6 Å². The van der Waals surface area contributed by atoms with E-state index in [1.54, 1.807) is 13.0 Å². The fourth-order valence-corrected chi connectivity index (χ4v) is 5.01. The molecular weight excluding hydrogens is 321 g/mol. The number of halogens is 2. The molecule has 7 heteroatoms. The number of aliphatic hydroxyl groups excluding tert-OH is 1. The van der Waals surface area contributed by atoms with Crippen LogP contribution in [-0.2, 0) is 10.0 Å². The Hall–Kier alpha value is -0.330. The molecule has 20 heavy (non-hydrogen) atoms. The number of hydrogen-bond acceptors (Lipinski definition) is 3.